The molecule has 1 aliphatic heterocycles. The number of alkyl halides is 3. The Morgan fingerprint density at radius 1 is 1.42 bits per heavy atom. The maximum absolute atomic E-state index is 12.5. The van der Waals surface area contributed by atoms with Crippen molar-refractivity contribution in [1.82, 2.24) is 19.4 Å². The average Bonchev–Trinajstić information content (AvgIpc) is 2.96. The van der Waals surface area contributed by atoms with Crippen LogP contribution in [-0.2, 0) is 21.0 Å². The molecule has 1 unspecified atom stereocenters. The number of likely N-dealkylation sites (tertiary alicyclic amines) is 1. The van der Waals surface area contributed by atoms with Gasteiger partial charge < -0.3 is 9.32 Å². The van der Waals surface area contributed by atoms with Crippen LogP contribution in [0, 0.1) is 0 Å². The highest BCUT2D eigenvalue weighted by atomic mass is 32.2. The van der Waals surface area contributed by atoms with Crippen molar-refractivity contribution in [3.05, 3.63) is 11.8 Å². The van der Waals surface area contributed by atoms with Gasteiger partial charge in [0, 0.05) is 20.1 Å². The highest BCUT2D eigenvalue weighted by molar-refractivity contribution is 7.88. The first kappa shape index (κ1) is 18.6. The summed E-state index contributed by atoms with van der Waals surface area (Å²) in [5.74, 6) is -2.52. The van der Waals surface area contributed by atoms with E-state index in [0.29, 0.717) is 19.4 Å². The number of piperidine rings is 1. The summed E-state index contributed by atoms with van der Waals surface area (Å²) in [5, 5.41) is 6.40. The van der Waals surface area contributed by atoms with Crippen molar-refractivity contribution in [2.24, 2.45) is 0 Å². The molecule has 0 saturated carbocycles. The van der Waals surface area contributed by atoms with E-state index in [9.17, 15) is 26.4 Å². The van der Waals surface area contributed by atoms with Crippen LogP contribution in [0.25, 0.3) is 0 Å². The van der Waals surface area contributed by atoms with Crippen LogP contribution in [-0.4, -0.2) is 66.7 Å². The molecule has 1 amide bonds. The second-order valence-electron chi connectivity index (χ2n) is 5.64. The number of halogens is 3. The topological polar surface area (TPSA) is 96.6 Å². The molecule has 1 saturated heterocycles. The molecule has 2 rings (SSSR count). The summed E-state index contributed by atoms with van der Waals surface area (Å²) in [6.45, 7) is 0.173. The van der Waals surface area contributed by atoms with Gasteiger partial charge in [0.1, 0.15) is 0 Å². The van der Waals surface area contributed by atoms with E-state index in [1.54, 1.807) is 0 Å². The highest BCUT2D eigenvalue weighted by Gasteiger charge is 2.39. The van der Waals surface area contributed by atoms with Crippen molar-refractivity contribution in [3.8, 4) is 0 Å². The Bertz CT molecular complexity index is 703. The van der Waals surface area contributed by atoms with Gasteiger partial charge in [-0.3, -0.25) is 4.79 Å². The number of carbonyl (C=O) groups is 1. The van der Waals surface area contributed by atoms with E-state index in [1.807, 2.05) is 0 Å². The summed E-state index contributed by atoms with van der Waals surface area (Å²) in [6.07, 6.45) is -2.68. The zero-order valence-corrected chi connectivity index (χ0v) is 13.9. The molecule has 24 heavy (non-hydrogen) atoms. The molecule has 0 aromatic carbocycles. The molecule has 1 fully saturated rings. The monoisotopic (exact) mass is 370 g/mol. The van der Waals surface area contributed by atoms with E-state index in [0.717, 1.165) is 10.6 Å². The summed E-state index contributed by atoms with van der Waals surface area (Å²) >= 11 is 0. The largest absolute Gasteiger partial charge is 0.470 e. The lowest BCUT2D eigenvalue weighted by Gasteiger charge is -2.32. The highest BCUT2D eigenvalue weighted by Crippen LogP contribution is 2.32. The Labute approximate surface area is 136 Å². The molecule has 0 radical (unpaired) electrons. The van der Waals surface area contributed by atoms with Crippen LogP contribution in [0.4, 0.5) is 13.2 Å². The first-order chi connectivity index (χ1) is 11.0. The second-order valence-corrected chi connectivity index (χ2v) is 7.73. The molecule has 0 spiro atoms. The van der Waals surface area contributed by atoms with Crippen LogP contribution in [0.2, 0.25) is 0 Å². The number of amides is 1. The van der Waals surface area contributed by atoms with Crippen LogP contribution in [0.15, 0.2) is 4.42 Å². The molecule has 2 heterocycles. The molecule has 0 aliphatic carbocycles. The van der Waals surface area contributed by atoms with Crippen LogP contribution in [0.3, 0.4) is 0 Å². The Kier molecular flexibility index (Phi) is 5.18. The Morgan fingerprint density at radius 2 is 2.08 bits per heavy atom. The van der Waals surface area contributed by atoms with Crippen LogP contribution >= 0.6 is 0 Å². The molecule has 12 heteroatoms. The Morgan fingerprint density at radius 3 is 2.62 bits per heavy atom. The summed E-state index contributed by atoms with van der Waals surface area (Å²) in [6, 6.07) is 0. The van der Waals surface area contributed by atoms with Gasteiger partial charge in [0.15, 0.2) is 0 Å². The normalized spacial score (nSPS) is 19.8. The van der Waals surface area contributed by atoms with Gasteiger partial charge >= 0.3 is 12.1 Å². The van der Waals surface area contributed by atoms with E-state index in [2.05, 4.69) is 14.6 Å². The smallest absolute Gasteiger partial charge is 0.417 e. The third-order valence-electron chi connectivity index (χ3n) is 3.73. The van der Waals surface area contributed by atoms with Gasteiger partial charge in [-0.05, 0) is 12.8 Å². The van der Waals surface area contributed by atoms with Gasteiger partial charge in [-0.15, -0.1) is 10.2 Å². The predicted molar refractivity (Wildman–Crippen MR) is 75.3 cm³/mol. The molecular weight excluding hydrogens is 353 g/mol. The fraction of sp³-hybridized carbons (Fsp3) is 0.750. The fourth-order valence-electron chi connectivity index (χ4n) is 2.33. The third kappa shape index (κ3) is 4.44. The van der Waals surface area contributed by atoms with Crippen molar-refractivity contribution in [2.75, 3.05) is 32.9 Å². The standard InChI is InChI=1S/C12H17F3N4O4S/c1-18(24(2,21)22)7-9(20)19-5-3-4-8(6-19)10-16-17-11(23-10)12(13,14)15/h8H,3-7H2,1-2H3. The van der Waals surface area contributed by atoms with Crippen LogP contribution in [0.1, 0.15) is 30.5 Å². The summed E-state index contributed by atoms with van der Waals surface area (Å²) in [7, 11) is -2.22. The maximum Gasteiger partial charge on any atom is 0.470 e. The number of nitrogens with zero attached hydrogens (tertiary/aromatic N) is 4. The fourth-order valence-corrected chi connectivity index (χ4v) is 2.67. The first-order valence-corrected chi connectivity index (χ1v) is 8.93. The van der Waals surface area contributed by atoms with Gasteiger partial charge in [0.05, 0.1) is 18.7 Å². The van der Waals surface area contributed by atoms with Crippen molar-refractivity contribution >= 4 is 15.9 Å². The van der Waals surface area contributed by atoms with Gasteiger partial charge in [0.2, 0.25) is 21.8 Å². The molecule has 0 N–H and O–H groups in total. The van der Waals surface area contributed by atoms with Gasteiger partial charge in [-0.25, -0.2) is 8.42 Å². The molecule has 8 nitrogen and oxygen atoms in total. The number of sulfonamides is 1. The molecule has 0 bridgehead atoms. The minimum atomic E-state index is -4.71. The van der Waals surface area contributed by atoms with Crippen molar-refractivity contribution < 1.29 is 30.8 Å². The van der Waals surface area contributed by atoms with E-state index in [4.69, 9.17) is 0 Å². The molecule has 1 aliphatic rings. The molecule has 1 aromatic rings. The maximum atomic E-state index is 12.5. The minimum Gasteiger partial charge on any atom is -0.417 e. The number of rotatable bonds is 4. The zero-order chi connectivity index (χ0) is 18.1. The lowest BCUT2D eigenvalue weighted by Crippen LogP contribution is -2.44. The molecule has 136 valence electrons. The molecule has 1 atom stereocenters. The van der Waals surface area contributed by atoms with Crippen molar-refractivity contribution in [3.63, 3.8) is 0 Å². The van der Waals surface area contributed by atoms with Crippen molar-refractivity contribution in [2.45, 2.75) is 24.9 Å². The predicted octanol–water partition coefficient (Wildman–Crippen LogP) is 0.686. The van der Waals surface area contributed by atoms with Gasteiger partial charge in [-0.1, -0.05) is 0 Å². The van der Waals surface area contributed by atoms with E-state index < -0.39 is 33.9 Å². The molecular formula is C12H17F3N4O4S. The first-order valence-electron chi connectivity index (χ1n) is 7.08. The van der Waals surface area contributed by atoms with Gasteiger partial charge in [0.25, 0.3) is 0 Å². The number of carbonyl (C=O) groups excluding carboxylic acids is 1. The zero-order valence-electron chi connectivity index (χ0n) is 13.1. The average molecular weight is 370 g/mol. The number of hydrogen-bond acceptors (Lipinski definition) is 6. The van der Waals surface area contributed by atoms with Crippen LogP contribution < -0.4 is 0 Å². The van der Waals surface area contributed by atoms with E-state index >= 15 is 0 Å². The minimum absolute atomic E-state index is 0.107. The summed E-state index contributed by atoms with van der Waals surface area (Å²) in [4.78, 5) is 13.6. The Balaban J connectivity index is 2.04. The van der Waals surface area contributed by atoms with E-state index in [1.165, 1.54) is 11.9 Å². The second kappa shape index (κ2) is 6.67. The molecule has 1 aromatic heterocycles. The SMILES string of the molecule is CN(CC(=O)N1CCCC(c2nnc(C(F)(F)F)o2)C1)S(C)(=O)=O. The lowest BCUT2D eigenvalue weighted by atomic mass is 9.98. The quantitative estimate of drug-likeness (QED) is 0.774. The summed E-state index contributed by atoms with van der Waals surface area (Å²) < 4.78 is 65.8. The number of likely N-dealkylation sites (N-methyl/N-ethyl adjacent to an activating group) is 1. The third-order valence-corrected chi connectivity index (χ3v) is 4.99. The lowest BCUT2D eigenvalue weighted by molar-refractivity contribution is -0.157. The number of hydrogen-bond donors (Lipinski definition) is 0. The van der Waals surface area contributed by atoms with Crippen LogP contribution in [0.5, 0.6) is 0 Å². The Hall–Kier alpha value is -1.69. The van der Waals surface area contributed by atoms with E-state index in [-0.39, 0.29) is 19.0 Å². The van der Waals surface area contributed by atoms with Gasteiger partial charge in [-0.2, -0.15) is 17.5 Å². The summed E-state index contributed by atoms with van der Waals surface area (Å²) in [5.41, 5.74) is 0. The van der Waals surface area contributed by atoms with Crippen molar-refractivity contribution in [1.29, 1.82) is 0 Å². The number of aromatic nitrogens is 2.